The lowest BCUT2D eigenvalue weighted by Gasteiger charge is -2.35. The van der Waals surface area contributed by atoms with Crippen LogP contribution in [0.25, 0.3) is 0 Å². The molecule has 1 heterocycles. The molecule has 1 amide bonds. The summed E-state index contributed by atoms with van der Waals surface area (Å²) in [6.45, 7) is 3.12. The highest BCUT2D eigenvalue weighted by Crippen LogP contribution is 2.24. The van der Waals surface area contributed by atoms with E-state index >= 15 is 0 Å². The quantitative estimate of drug-likeness (QED) is 0.869. The van der Waals surface area contributed by atoms with Gasteiger partial charge < -0.3 is 15.4 Å². The van der Waals surface area contributed by atoms with Crippen LogP contribution in [0.5, 0.6) is 0 Å². The summed E-state index contributed by atoms with van der Waals surface area (Å²) >= 11 is 0. The van der Waals surface area contributed by atoms with Gasteiger partial charge in [0.25, 0.3) is 0 Å². The lowest BCUT2D eigenvalue weighted by Crippen LogP contribution is -2.45. The van der Waals surface area contributed by atoms with Crippen LogP contribution < -0.4 is 5.73 Å². The molecule has 0 aliphatic carbocycles. The molecule has 1 aliphatic heterocycles. The Kier molecular flexibility index (Phi) is 3.64. The van der Waals surface area contributed by atoms with Crippen LogP contribution in [-0.2, 0) is 4.74 Å². The van der Waals surface area contributed by atoms with E-state index in [9.17, 15) is 4.79 Å². The van der Waals surface area contributed by atoms with Gasteiger partial charge in [-0.25, -0.2) is 4.79 Å². The first-order chi connectivity index (χ1) is 8.22. The summed E-state index contributed by atoms with van der Waals surface area (Å²) in [6.07, 6.45) is 0.421. The average Bonchev–Trinajstić information content (AvgIpc) is 2.39. The van der Waals surface area contributed by atoms with Crippen molar-refractivity contribution in [3.05, 3.63) is 35.9 Å². The molecule has 0 bridgehead atoms. The van der Waals surface area contributed by atoms with Gasteiger partial charge in [-0.15, -0.1) is 0 Å². The maximum atomic E-state index is 11.8. The van der Waals surface area contributed by atoms with Crippen LogP contribution in [0.4, 0.5) is 4.79 Å². The standard InChI is InChI=1S/C13H18N2O2/c1-10(11-5-3-2-4-6-11)15-8-7-12(9-14)17-13(15)16/h2-6,10,12H,7-9,14H2,1H3. The molecule has 2 N–H and O–H groups in total. The van der Waals surface area contributed by atoms with Crippen molar-refractivity contribution in [1.29, 1.82) is 0 Å². The third kappa shape index (κ3) is 2.58. The zero-order chi connectivity index (χ0) is 12.3. The van der Waals surface area contributed by atoms with Gasteiger partial charge in [-0.3, -0.25) is 0 Å². The highest BCUT2D eigenvalue weighted by molar-refractivity contribution is 5.69. The van der Waals surface area contributed by atoms with Crippen molar-refractivity contribution in [2.45, 2.75) is 25.5 Å². The van der Waals surface area contributed by atoms with Crippen LogP contribution in [0, 0.1) is 0 Å². The Morgan fingerprint density at radius 2 is 2.18 bits per heavy atom. The number of amides is 1. The second kappa shape index (κ2) is 5.19. The maximum absolute atomic E-state index is 11.8. The summed E-state index contributed by atoms with van der Waals surface area (Å²) in [7, 11) is 0. The third-order valence-electron chi connectivity index (χ3n) is 3.21. The number of hydrogen-bond donors (Lipinski definition) is 1. The van der Waals surface area contributed by atoms with Gasteiger partial charge >= 0.3 is 6.09 Å². The van der Waals surface area contributed by atoms with Crippen LogP contribution in [0.3, 0.4) is 0 Å². The Bertz CT molecular complexity index is 380. The molecule has 1 aliphatic rings. The molecule has 2 unspecified atom stereocenters. The van der Waals surface area contributed by atoms with Gasteiger partial charge in [0, 0.05) is 19.5 Å². The molecular formula is C13H18N2O2. The van der Waals surface area contributed by atoms with E-state index in [1.54, 1.807) is 4.90 Å². The Hall–Kier alpha value is -1.55. The monoisotopic (exact) mass is 234 g/mol. The second-order valence-electron chi connectivity index (χ2n) is 4.31. The lowest BCUT2D eigenvalue weighted by atomic mass is 10.1. The van der Waals surface area contributed by atoms with E-state index < -0.39 is 0 Å². The van der Waals surface area contributed by atoms with Gasteiger partial charge in [0.05, 0.1) is 6.04 Å². The van der Waals surface area contributed by atoms with Crippen molar-refractivity contribution in [3.63, 3.8) is 0 Å². The van der Waals surface area contributed by atoms with Crippen molar-refractivity contribution < 1.29 is 9.53 Å². The van der Waals surface area contributed by atoms with E-state index in [1.807, 2.05) is 37.3 Å². The number of ether oxygens (including phenoxy) is 1. The number of hydrogen-bond acceptors (Lipinski definition) is 3. The van der Waals surface area contributed by atoms with Crippen molar-refractivity contribution in [2.24, 2.45) is 5.73 Å². The summed E-state index contributed by atoms with van der Waals surface area (Å²) in [5.74, 6) is 0. The Labute approximate surface area is 101 Å². The molecule has 17 heavy (non-hydrogen) atoms. The van der Waals surface area contributed by atoms with Crippen LogP contribution in [-0.4, -0.2) is 30.2 Å². The van der Waals surface area contributed by atoms with Crippen molar-refractivity contribution >= 4 is 6.09 Å². The van der Waals surface area contributed by atoms with Gasteiger partial charge in [0.15, 0.2) is 0 Å². The zero-order valence-corrected chi connectivity index (χ0v) is 10.0. The second-order valence-corrected chi connectivity index (χ2v) is 4.31. The van der Waals surface area contributed by atoms with Crippen molar-refractivity contribution in [1.82, 2.24) is 4.90 Å². The summed E-state index contributed by atoms with van der Waals surface area (Å²) in [4.78, 5) is 13.6. The van der Waals surface area contributed by atoms with E-state index in [0.29, 0.717) is 13.1 Å². The first kappa shape index (κ1) is 11.9. The minimum Gasteiger partial charge on any atom is -0.445 e. The molecule has 1 aromatic rings. The fourth-order valence-electron chi connectivity index (χ4n) is 2.07. The number of benzene rings is 1. The van der Waals surface area contributed by atoms with Crippen molar-refractivity contribution in [2.75, 3.05) is 13.1 Å². The number of carbonyl (C=O) groups is 1. The van der Waals surface area contributed by atoms with Crippen molar-refractivity contribution in [3.8, 4) is 0 Å². The van der Waals surface area contributed by atoms with Gasteiger partial charge in [-0.1, -0.05) is 30.3 Å². The van der Waals surface area contributed by atoms with Crippen LogP contribution in [0.1, 0.15) is 24.9 Å². The Balaban J connectivity index is 2.06. The molecule has 0 saturated carbocycles. The largest absolute Gasteiger partial charge is 0.445 e. The number of rotatable bonds is 3. The van der Waals surface area contributed by atoms with Gasteiger partial charge in [-0.2, -0.15) is 0 Å². The topological polar surface area (TPSA) is 55.6 Å². The minimum absolute atomic E-state index is 0.0439. The fourth-order valence-corrected chi connectivity index (χ4v) is 2.07. The van der Waals surface area contributed by atoms with E-state index in [2.05, 4.69) is 0 Å². The highest BCUT2D eigenvalue weighted by atomic mass is 16.6. The normalized spacial score (nSPS) is 22.1. The summed E-state index contributed by atoms with van der Waals surface area (Å²) in [5, 5.41) is 0. The molecule has 2 atom stereocenters. The SMILES string of the molecule is CC(c1ccccc1)N1CCC(CN)OC1=O. The Morgan fingerprint density at radius 1 is 1.47 bits per heavy atom. The Morgan fingerprint density at radius 3 is 2.76 bits per heavy atom. The van der Waals surface area contributed by atoms with E-state index in [0.717, 1.165) is 12.0 Å². The number of cyclic esters (lactones) is 1. The summed E-state index contributed by atoms with van der Waals surface area (Å²) in [6, 6.07) is 10.0. The average molecular weight is 234 g/mol. The molecule has 4 heteroatoms. The molecule has 0 aromatic heterocycles. The van der Waals surface area contributed by atoms with E-state index in [-0.39, 0.29) is 18.2 Å². The minimum atomic E-state index is -0.261. The number of nitrogens with zero attached hydrogens (tertiary/aromatic N) is 1. The lowest BCUT2D eigenvalue weighted by molar-refractivity contribution is 0.0169. The summed E-state index contributed by atoms with van der Waals surface area (Å²) < 4.78 is 5.25. The first-order valence-corrected chi connectivity index (χ1v) is 5.94. The third-order valence-corrected chi connectivity index (χ3v) is 3.21. The molecule has 0 radical (unpaired) electrons. The molecule has 2 rings (SSSR count). The molecule has 1 saturated heterocycles. The number of carbonyl (C=O) groups excluding carboxylic acids is 1. The van der Waals surface area contributed by atoms with E-state index in [1.165, 1.54) is 0 Å². The van der Waals surface area contributed by atoms with Crippen LogP contribution >= 0.6 is 0 Å². The van der Waals surface area contributed by atoms with E-state index in [4.69, 9.17) is 10.5 Å². The molecular weight excluding hydrogens is 216 g/mol. The van der Waals surface area contributed by atoms with Gasteiger partial charge in [0.2, 0.25) is 0 Å². The molecule has 0 spiro atoms. The molecule has 1 aromatic carbocycles. The predicted octanol–water partition coefficient (Wildman–Crippen LogP) is 1.92. The van der Waals surface area contributed by atoms with Crippen LogP contribution in [0.2, 0.25) is 0 Å². The predicted molar refractivity (Wildman–Crippen MR) is 65.5 cm³/mol. The zero-order valence-electron chi connectivity index (χ0n) is 10.0. The summed E-state index contributed by atoms with van der Waals surface area (Å²) in [5.41, 5.74) is 6.62. The first-order valence-electron chi connectivity index (χ1n) is 5.94. The fraction of sp³-hybridized carbons (Fsp3) is 0.462. The smallest absolute Gasteiger partial charge is 0.410 e. The molecule has 92 valence electrons. The van der Waals surface area contributed by atoms with Gasteiger partial charge in [0.1, 0.15) is 6.10 Å². The van der Waals surface area contributed by atoms with Crippen LogP contribution in [0.15, 0.2) is 30.3 Å². The maximum Gasteiger partial charge on any atom is 0.410 e. The molecule has 4 nitrogen and oxygen atoms in total. The van der Waals surface area contributed by atoms with Gasteiger partial charge in [-0.05, 0) is 12.5 Å². The number of nitrogens with two attached hydrogens (primary N) is 1. The highest BCUT2D eigenvalue weighted by Gasteiger charge is 2.30. The molecule has 1 fully saturated rings.